The van der Waals surface area contributed by atoms with E-state index in [-0.39, 0.29) is 0 Å². The number of imidazole rings is 1. The second-order valence-electron chi connectivity index (χ2n) is 3.64. The molecule has 0 aromatic carbocycles. The van der Waals surface area contributed by atoms with E-state index in [0.29, 0.717) is 0 Å². The Morgan fingerprint density at radius 2 is 2.07 bits per heavy atom. The standard InChI is InChI=1S/C10H13N5/c1-2-12-9-8-13-10(15(9)5-1)14-6-3-11-4-7-14/h1-2,5,8,11H,3-4,6-7H2. The Kier molecular flexibility index (Phi) is 2.03. The first-order valence-electron chi connectivity index (χ1n) is 5.19. The first-order valence-corrected chi connectivity index (χ1v) is 5.19. The Morgan fingerprint density at radius 3 is 2.93 bits per heavy atom. The van der Waals surface area contributed by atoms with Crippen molar-refractivity contribution in [3.63, 3.8) is 0 Å². The highest BCUT2D eigenvalue weighted by molar-refractivity contribution is 5.47. The summed E-state index contributed by atoms with van der Waals surface area (Å²) in [6.07, 6.45) is 5.61. The Hall–Kier alpha value is -1.62. The maximum atomic E-state index is 4.42. The summed E-state index contributed by atoms with van der Waals surface area (Å²) in [5.74, 6) is 1.000. The van der Waals surface area contributed by atoms with Crippen LogP contribution in [0, 0.1) is 0 Å². The molecule has 0 spiro atoms. The van der Waals surface area contributed by atoms with Gasteiger partial charge in [0.2, 0.25) is 5.95 Å². The van der Waals surface area contributed by atoms with Gasteiger partial charge in [0.15, 0.2) is 5.65 Å². The van der Waals surface area contributed by atoms with Crippen LogP contribution in [-0.4, -0.2) is 40.5 Å². The van der Waals surface area contributed by atoms with Gasteiger partial charge in [0.1, 0.15) is 0 Å². The van der Waals surface area contributed by atoms with Crippen LogP contribution in [0.5, 0.6) is 0 Å². The fraction of sp³-hybridized carbons (Fsp3) is 0.400. The predicted molar refractivity (Wildman–Crippen MR) is 58.1 cm³/mol. The van der Waals surface area contributed by atoms with Crippen LogP contribution in [0.15, 0.2) is 24.7 Å². The molecule has 1 aliphatic rings. The van der Waals surface area contributed by atoms with Crippen molar-refractivity contribution in [2.24, 2.45) is 0 Å². The molecule has 2 aromatic rings. The van der Waals surface area contributed by atoms with Gasteiger partial charge in [0, 0.05) is 38.6 Å². The maximum absolute atomic E-state index is 4.42. The van der Waals surface area contributed by atoms with Crippen molar-refractivity contribution in [3.8, 4) is 0 Å². The molecule has 0 bridgehead atoms. The molecule has 2 aromatic heterocycles. The molecule has 0 aliphatic carbocycles. The van der Waals surface area contributed by atoms with E-state index in [2.05, 4.69) is 20.2 Å². The van der Waals surface area contributed by atoms with Gasteiger partial charge in [-0.3, -0.25) is 4.40 Å². The van der Waals surface area contributed by atoms with Crippen LogP contribution in [0.25, 0.3) is 5.65 Å². The average molecular weight is 203 g/mol. The lowest BCUT2D eigenvalue weighted by Gasteiger charge is -2.27. The van der Waals surface area contributed by atoms with Gasteiger partial charge < -0.3 is 10.2 Å². The molecule has 78 valence electrons. The van der Waals surface area contributed by atoms with Crippen molar-refractivity contribution in [1.29, 1.82) is 0 Å². The van der Waals surface area contributed by atoms with E-state index in [0.717, 1.165) is 37.8 Å². The number of piperazine rings is 1. The summed E-state index contributed by atoms with van der Waals surface area (Å²) in [6.45, 7) is 4.06. The minimum atomic E-state index is 0.908. The van der Waals surface area contributed by atoms with Gasteiger partial charge in [-0.1, -0.05) is 0 Å². The number of nitrogens with zero attached hydrogens (tertiary/aromatic N) is 4. The van der Waals surface area contributed by atoms with E-state index in [9.17, 15) is 0 Å². The summed E-state index contributed by atoms with van der Waals surface area (Å²) in [7, 11) is 0. The summed E-state index contributed by atoms with van der Waals surface area (Å²) in [6, 6.07) is 1.93. The topological polar surface area (TPSA) is 45.5 Å². The molecule has 0 radical (unpaired) electrons. The monoisotopic (exact) mass is 203 g/mol. The van der Waals surface area contributed by atoms with Crippen LogP contribution < -0.4 is 10.2 Å². The number of nitrogens with one attached hydrogen (secondary N) is 1. The Morgan fingerprint density at radius 1 is 1.20 bits per heavy atom. The van der Waals surface area contributed by atoms with E-state index in [1.54, 1.807) is 6.20 Å². The molecule has 5 nitrogen and oxygen atoms in total. The first kappa shape index (κ1) is 8.67. The van der Waals surface area contributed by atoms with Crippen LogP contribution in [-0.2, 0) is 0 Å². The summed E-state index contributed by atoms with van der Waals surface area (Å²) in [5.41, 5.74) is 0.908. The zero-order valence-corrected chi connectivity index (χ0v) is 8.43. The van der Waals surface area contributed by atoms with E-state index < -0.39 is 0 Å². The molecule has 0 amide bonds. The number of hydrogen-bond donors (Lipinski definition) is 1. The average Bonchev–Trinajstić information content (AvgIpc) is 2.74. The van der Waals surface area contributed by atoms with Gasteiger partial charge in [0.05, 0.1) is 6.20 Å². The van der Waals surface area contributed by atoms with E-state index in [4.69, 9.17) is 0 Å². The maximum Gasteiger partial charge on any atom is 0.211 e. The van der Waals surface area contributed by atoms with Gasteiger partial charge in [0.25, 0.3) is 0 Å². The lowest BCUT2D eigenvalue weighted by molar-refractivity contribution is 0.579. The molecule has 1 N–H and O–H groups in total. The van der Waals surface area contributed by atoms with Gasteiger partial charge in [-0.05, 0) is 6.07 Å². The quantitative estimate of drug-likeness (QED) is 0.716. The van der Waals surface area contributed by atoms with Crippen molar-refractivity contribution >= 4 is 11.6 Å². The van der Waals surface area contributed by atoms with E-state index >= 15 is 0 Å². The van der Waals surface area contributed by atoms with Crippen molar-refractivity contribution < 1.29 is 0 Å². The van der Waals surface area contributed by atoms with Gasteiger partial charge in [-0.15, -0.1) is 0 Å². The van der Waals surface area contributed by atoms with E-state index in [1.165, 1.54) is 0 Å². The Bertz CT molecular complexity index is 458. The zero-order valence-electron chi connectivity index (χ0n) is 8.43. The minimum absolute atomic E-state index is 0.908. The number of rotatable bonds is 1. The van der Waals surface area contributed by atoms with Crippen molar-refractivity contribution in [2.75, 3.05) is 31.1 Å². The molecule has 3 heterocycles. The highest BCUT2D eigenvalue weighted by atomic mass is 15.3. The first-order chi connectivity index (χ1) is 7.45. The molecule has 0 saturated carbocycles. The lowest BCUT2D eigenvalue weighted by Crippen LogP contribution is -2.44. The lowest BCUT2D eigenvalue weighted by atomic mass is 10.4. The Balaban J connectivity index is 2.02. The van der Waals surface area contributed by atoms with Crippen molar-refractivity contribution in [1.82, 2.24) is 19.7 Å². The highest BCUT2D eigenvalue weighted by Crippen LogP contribution is 2.13. The number of fused-ring (bicyclic) bond motifs is 1. The normalized spacial score (nSPS) is 17.2. The van der Waals surface area contributed by atoms with Crippen LogP contribution in [0.4, 0.5) is 5.95 Å². The van der Waals surface area contributed by atoms with Crippen LogP contribution in [0.3, 0.4) is 0 Å². The third kappa shape index (κ3) is 1.45. The smallest absolute Gasteiger partial charge is 0.211 e. The molecule has 0 unspecified atom stereocenters. The molecule has 0 atom stereocenters. The van der Waals surface area contributed by atoms with E-state index in [1.807, 2.05) is 22.9 Å². The number of anilines is 1. The summed E-state index contributed by atoms with van der Waals surface area (Å²) < 4.78 is 2.03. The molecule has 3 rings (SSSR count). The zero-order chi connectivity index (χ0) is 10.1. The Labute approximate surface area is 87.8 Å². The second-order valence-corrected chi connectivity index (χ2v) is 3.64. The van der Waals surface area contributed by atoms with Crippen LogP contribution in [0.1, 0.15) is 0 Å². The largest absolute Gasteiger partial charge is 0.339 e. The van der Waals surface area contributed by atoms with Gasteiger partial charge in [-0.2, -0.15) is 0 Å². The fourth-order valence-corrected chi connectivity index (χ4v) is 1.92. The SMILES string of the molecule is c1cnc2cnc(N3CCNCC3)n2c1. The highest BCUT2D eigenvalue weighted by Gasteiger charge is 2.14. The fourth-order valence-electron chi connectivity index (χ4n) is 1.92. The van der Waals surface area contributed by atoms with Gasteiger partial charge >= 0.3 is 0 Å². The number of hydrogen-bond acceptors (Lipinski definition) is 4. The minimum Gasteiger partial charge on any atom is -0.339 e. The summed E-state index contributed by atoms with van der Waals surface area (Å²) >= 11 is 0. The molecular formula is C10H13N5. The van der Waals surface area contributed by atoms with Crippen molar-refractivity contribution in [3.05, 3.63) is 24.7 Å². The second kappa shape index (κ2) is 3.51. The molecular weight excluding hydrogens is 190 g/mol. The van der Waals surface area contributed by atoms with Crippen LogP contribution in [0.2, 0.25) is 0 Å². The summed E-state index contributed by atoms with van der Waals surface area (Å²) in [5, 5.41) is 3.33. The summed E-state index contributed by atoms with van der Waals surface area (Å²) in [4.78, 5) is 11.0. The molecule has 5 heteroatoms. The van der Waals surface area contributed by atoms with Crippen LogP contribution >= 0.6 is 0 Å². The van der Waals surface area contributed by atoms with Crippen molar-refractivity contribution in [2.45, 2.75) is 0 Å². The molecule has 1 fully saturated rings. The molecule has 1 aliphatic heterocycles. The van der Waals surface area contributed by atoms with Gasteiger partial charge in [-0.25, -0.2) is 9.97 Å². The third-order valence-electron chi connectivity index (χ3n) is 2.69. The molecule has 15 heavy (non-hydrogen) atoms. The predicted octanol–water partition coefficient (Wildman–Crippen LogP) is 0.139. The number of aromatic nitrogens is 3. The molecule has 1 saturated heterocycles. The third-order valence-corrected chi connectivity index (χ3v) is 2.69.